The van der Waals surface area contributed by atoms with E-state index in [-0.39, 0.29) is 0 Å². The second-order valence-electron chi connectivity index (χ2n) is 3.64. The highest BCUT2D eigenvalue weighted by atomic mass is 16.1. The lowest BCUT2D eigenvalue weighted by atomic mass is 9.85. The molecule has 1 aliphatic rings. The second kappa shape index (κ2) is 4.53. The van der Waals surface area contributed by atoms with Crippen molar-refractivity contribution < 1.29 is 4.79 Å². The van der Waals surface area contributed by atoms with Gasteiger partial charge in [0.15, 0.2) is 0 Å². The van der Waals surface area contributed by atoms with Crippen LogP contribution >= 0.6 is 0 Å². The predicted molar refractivity (Wildman–Crippen MR) is 46.5 cm³/mol. The zero-order chi connectivity index (χ0) is 8.10. The molecule has 11 heavy (non-hydrogen) atoms. The van der Waals surface area contributed by atoms with Crippen LogP contribution < -0.4 is 0 Å². The Kier molecular flexibility index (Phi) is 3.61. The maximum absolute atomic E-state index is 11.0. The first-order chi connectivity index (χ1) is 5.33. The molecule has 0 heterocycles. The second-order valence-corrected chi connectivity index (χ2v) is 3.64. The summed E-state index contributed by atoms with van der Waals surface area (Å²) < 4.78 is 0. The monoisotopic (exact) mass is 154 g/mol. The highest BCUT2D eigenvalue weighted by Crippen LogP contribution is 2.25. The molecule has 64 valence electrons. The summed E-state index contributed by atoms with van der Waals surface area (Å²) in [5.74, 6) is 1.23. The third-order valence-electron chi connectivity index (χ3n) is 2.55. The number of rotatable bonds is 3. The Labute approximate surface area is 69.2 Å². The zero-order valence-electron chi connectivity index (χ0n) is 7.44. The van der Waals surface area contributed by atoms with Crippen molar-refractivity contribution in [3.05, 3.63) is 0 Å². The first kappa shape index (κ1) is 8.76. The molecule has 1 atom stereocenters. The molecule has 1 rings (SSSR count). The van der Waals surface area contributed by atoms with Gasteiger partial charge in [-0.25, -0.2) is 0 Å². The molecule has 1 saturated carbocycles. The van der Waals surface area contributed by atoms with Crippen LogP contribution in [0.2, 0.25) is 0 Å². The number of unbranched alkanes of at least 4 members (excludes halogenated alkanes) is 1. The van der Waals surface area contributed by atoms with Crippen molar-refractivity contribution in [2.45, 2.75) is 51.9 Å². The molecule has 1 heteroatoms. The molecule has 0 bridgehead atoms. The van der Waals surface area contributed by atoms with E-state index in [1.807, 2.05) is 0 Å². The van der Waals surface area contributed by atoms with Gasteiger partial charge in [-0.3, -0.25) is 4.79 Å². The minimum atomic E-state index is 0.498. The van der Waals surface area contributed by atoms with E-state index in [0.717, 1.165) is 25.2 Å². The molecule has 0 saturated heterocycles. The molecule has 0 aromatic rings. The van der Waals surface area contributed by atoms with E-state index >= 15 is 0 Å². The summed E-state index contributed by atoms with van der Waals surface area (Å²) in [5, 5.41) is 0. The molecule has 0 N–H and O–H groups in total. The minimum absolute atomic E-state index is 0.498. The van der Waals surface area contributed by atoms with Crippen molar-refractivity contribution in [3.8, 4) is 0 Å². The summed E-state index contributed by atoms with van der Waals surface area (Å²) >= 11 is 0. The fourth-order valence-corrected chi connectivity index (χ4v) is 1.85. The zero-order valence-corrected chi connectivity index (χ0v) is 7.44. The van der Waals surface area contributed by atoms with E-state index < -0.39 is 0 Å². The smallest absolute Gasteiger partial charge is 0.133 e. The molecule has 0 amide bonds. The van der Waals surface area contributed by atoms with Gasteiger partial charge in [0.2, 0.25) is 0 Å². The van der Waals surface area contributed by atoms with Gasteiger partial charge in [-0.2, -0.15) is 0 Å². The van der Waals surface area contributed by atoms with Crippen molar-refractivity contribution in [2.75, 3.05) is 0 Å². The average Bonchev–Trinajstić information content (AvgIpc) is 2.01. The number of carbonyl (C=O) groups is 1. The van der Waals surface area contributed by atoms with Crippen LogP contribution in [0.25, 0.3) is 0 Å². The highest BCUT2D eigenvalue weighted by molar-refractivity contribution is 5.79. The number of hydrogen-bond acceptors (Lipinski definition) is 1. The third kappa shape index (κ3) is 3.04. The summed E-state index contributed by atoms with van der Waals surface area (Å²) in [5.41, 5.74) is 0. The molecule has 0 unspecified atom stereocenters. The SMILES string of the molecule is CCCC[C@@H]1CCCC(=O)C1. The molecule has 1 nitrogen and oxygen atoms in total. The molecule has 0 aromatic carbocycles. The van der Waals surface area contributed by atoms with Crippen molar-refractivity contribution in [2.24, 2.45) is 5.92 Å². The topological polar surface area (TPSA) is 17.1 Å². The molecule has 1 aliphatic carbocycles. The normalized spacial score (nSPS) is 25.5. The molecular weight excluding hydrogens is 136 g/mol. The van der Waals surface area contributed by atoms with Gasteiger partial charge in [-0.05, 0) is 18.8 Å². The largest absolute Gasteiger partial charge is 0.300 e. The molecule has 0 aromatic heterocycles. The van der Waals surface area contributed by atoms with E-state index in [9.17, 15) is 4.79 Å². The van der Waals surface area contributed by atoms with Crippen LogP contribution in [-0.2, 0) is 4.79 Å². The lowest BCUT2D eigenvalue weighted by molar-refractivity contribution is -0.121. The summed E-state index contributed by atoms with van der Waals surface area (Å²) in [4.78, 5) is 11.0. The Hall–Kier alpha value is -0.330. The van der Waals surface area contributed by atoms with E-state index in [0.29, 0.717) is 5.78 Å². The maximum Gasteiger partial charge on any atom is 0.133 e. The quantitative estimate of drug-likeness (QED) is 0.611. The standard InChI is InChI=1S/C10H18O/c1-2-3-5-9-6-4-7-10(11)8-9/h9H,2-8H2,1H3/t9-/m1/s1. The number of hydrogen-bond donors (Lipinski definition) is 0. The summed E-state index contributed by atoms with van der Waals surface area (Å²) in [6, 6.07) is 0. The van der Waals surface area contributed by atoms with Gasteiger partial charge in [-0.15, -0.1) is 0 Å². The Balaban J connectivity index is 2.17. The van der Waals surface area contributed by atoms with Gasteiger partial charge < -0.3 is 0 Å². The lowest BCUT2D eigenvalue weighted by Gasteiger charge is -2.19. The number of carbonyl (C=O) groups excluding carboxylic acids is 1. The van der Waals surface area contributed by atoms with Gasteiger partial charge in [0.05, 0.1) is 0 Å². The van der Waals surface area contributed by atoms with Gasteiger partial charge in [0.1, 0.15) is 5.78 Å². The van der Waals surface area contributed by atoms with Gasteiger partial charge in [-0.1, -0.05) is 26.2 Å². The van der Waals surface area contributed by atoms with E-state index in [2.05, 4.69) is 6.92 Å². The average molecular weight is 154 g/mol. The van der Waals surface area contributed by atoms with Crippen LogP contribution in [0.4, 0.5) is 0 Å². The Morgan fingerprint density at radius 3 is 3.00 bits per heavy atom. The number of Topliss-reactive ketones (excluding diaryl/α,β-unsaturated/α-hetero) is 1. The molecule has 0 aliphatic heterocycles. The highest BCUT2D eigenvalue weighted by Gasteiger charge is 2.18. The minimum Gasteiger partial charge on any atom is -0.300 e. The van der Waals surface area contributed by atoms with Gasteiger partial charge in [0, 0.05) is 12.8 Å². The van der Waals surface area contributed by atoms with E-state index in [4.69, 9.17) is 0 Å². The van der Waals surface area contributed by atoms with Crippen molar-refractivity contribution in [3.63, 3.8) is 0 Å². The molecule has 1 fully saturated rings. The molecule has 0 spiro atoms. The first-order valence-electron chi connectivity index (χ1n) is 4.84. The maximum atomic E-state index is 11.0. The fraction of sp³-hybridized carbons (Fsp3) is 0.900. The van der Waals surface area contributed by atoms with Crippen LogP contribution in [0.15, 0.2) is 0 Å². The summed E-state index contributed by atoms with van der Waals surface area (Å²) in [6.45, 7) is 2.21. The van der Waals surface area contributed by atoms with Crippen molar-refractivity contribution in [1.82, 2.24) is 0 Å². The summed E-state index contributed by atoms with van der Waals surface area (Å²) in [7, 11) is 0. The molecule has 0 radical (unpaired) electrons. The van der Waals surface area contributed by atoms with Gasteiger partial charge in [0.25, 0.3) is 0 Å². The predicted octanol–water partition coefficient (Wildman–Crippen LogP) is 2.94. The van der Waals surface area contributed by atoms with Crippen LogP contribution in [0, 0.1) is 5.92 Å². The lowest BCUT2D eigenvalue weighted by Crippen LogP contribution is -2.14. The third-order valence-corrected chi connectivity index (χ3v) is 2.55. The van der Waals surface area contributed by atoms with Crippen LogP contribution in [0.3, 0.4) is 0 Å². The Bertz CT molecular complexity index is 129. The number of ketones is 1. The van der Waals surface area contributed by atoms with E-state index in [1.165, 1.54) is 25.7 Å². The van der Waals surface area contributed by atoms with Gasteiger partial charge >= 0.3 is 0 Å². The fourth-order valence-electron chi connectivity index (χ4n) is 1.85. The first-order valence-corrected chi connectivity index (χ1v) is 4.84. The van der Waals surface area contributed by atoms with Crippen LogP contribution in [0.1, 0.15) is 51.9 Å². The van der Waals surface area contributed by atoms with Crippen molar-refractivity contribution in [1.29, 1.82) is 0 Å². The Morgan fingerprint density at radius 2 is 2.36 bits per heavy atom. The van der Waals surface area contributed by atoms with Crippen molar-refractivity contribution >= 4 is 5.78 Å². The van der Waals surface area contributed by atoms with E-state index in [1.54, 1.807) is 0 Å². The van der Waals surface area contributed by atoms with Crippen LogP contribution in [0.5, 0.6) is 0 Å². The molecular formula is C10H18O. The Morgan fingerprint density at radius 1 is 1.55 bits per heavy atom. The summed E-state index contributed by atoms with van der Waals surface area (Å²) in [6.07, 6.45) is 8.02. The van der Waals surface area contributed by atoms with Crippen LogP contribution in [-0.4, -0.2) is 5.78 Å².